The van der Waals surface area contributed by atoms with Crippen molar-refractivity contribution in [3.05, 3.63) is 47.0 Å². The minimum atomic E-state index is 0.139. The molecule has 0 bridgehead atoms. The van der Waals surface area contributed by atoms with Crippen molar-refractivity contribution in [2.45, 2.75) is 46.0 Å². The van der Waals surface area contributed by atoms with Gasteiger partial charge in [-0.25, -0.2) is 9.97 Å². The van der Waals surface area contributed by atoms with Crippen LogP contribution in [0, 0.1) is 0 Å². The Morgan fingerprint density at radius 1 is 1.00 bits per heavy atom. The minimum Gasteiger partial charge on any atom is -0.244 e. The Labute approximate surface area is 156 Å². The molecular formula is C21H22N2S2. The van der Waals surface area contributed by atoms with Gasteiger partial charge in [-0.05, 0) is 40.7 Å². The zero-order valence-electron chi connectivity index (χ0n) is 15.3. The quantitative estimate of drug-likeness (QED) is 0.382. The van der Waals surface area contributed by atoms with E-state index in [1.54, 1.807) is 22.7 Å². The Morgan fingerprint density at radius 3 is 2.48 bits per heavy atom. The van der Waals surface area contributed by atoms with Crippen molar-refractivity contribution in [2.24, 2.45) is 0 Å². The smallest absolute Gasteiger partial charge is 0.124 e. The van der Waals surface area contributed by atoms with E-state index in [-0.39, 0.29) is 5.41 Å². The van der Waals surface area contributed by atoms with Gasteiger partial charge in [-0.15, -0.1) is 22.7 Å². The molecule has 0 aliphatic rings. The SMILES string of the molecule is CC(C)c1c(-c2nc3cc(C(C)(C)C)ccc3s2)ccc2scnc12. The van der Waals surface area contributed by atoms with Gasteiger partial charge in [0.2, 0.25) is 0 Å². The van der Waals surface area contributed by atoms with E-state index >= 15 is 0 Å². The molecule has 4 aromatic rings. The second kappa shape index (κ2) is 5.89. The van der Waals surface area contributed by atoms with Crippen LogP contribution in [0.15, 0.2) is 35.8 Å². The molecule has 0 saturated carbocycles. The van der Waals surface area contributed by atoms with Crippen molar-refractivity contribution >= 4 is 43.1 Å². The van der Waals surface area contributed by atoms with Crippen molar-refractivity contribution in [2.75, 3.05) is 0 Å². The number of rotatable bonds is 2. The molecule has 4 rings (SSSR count). The van der Waals surface area contributed by atoms with Crippen molar-refractivity contribution in [3.8, 4) is 10.6 Å². The summed E-state index contributed by atoms with van der Waals surface area (Å²) in [4.78, 5) is 9.61. The van der Waals surface area contributed by atoms with Gasteiger partial charge < -0.3 is 0 Å². The Bertz CT molecular complexity index is 1060. The molecular weight excluding hydrogens is 344 g/mol. The molecule has 2 aromatic carbocycles. The number of hydrogen-bond donors (Lipinski definition) is 0. The first-order valence-corrected chi connectivity index (χ1v) is 10.3. The van der Waals surface area contributed by atoms with Crippen LogP contribution in [-0.4, -0.2) is 9.97 Å². The summed E-state index contributed by atoms with van der Waals surface area (Å²) in [5, 5.41) is 1.10. The molecule has 0 aliphatic heterocycles. The number of nitrogens with zero attached hydrogens (tertiary/aromatic N) is 2. The largest absolute Gasteiger partial charge is 0.244 e. The molecule has 0 atom stereocenters. The molecule has 2 nitrogen and oxygen atoms in total. The second-order valence-corrected chi connectivity index (χ2v) is 9.75. The van der Waals surface area contributed by atoms with Gasteiger partial charge in [-0.2, -0.15) is 0 Å². The summed E-state index contributed by atoms with van der Waals surface area (Å²) in [6.07, 6.45) is 0. The van der Waals surface area contributed by atoms with E-state index in [9.17, 15) is 0 Å². The maximum absolute atomic E-state index is 4.99. The molecule has 0 saturated heterocycles. The molecule has 0 radical (unpaired) electrons. The highest BCUT2D eigenvalue weighted by Crippen LogP contribution is 2.39. The maximum atomic E-state index is 4.99. The Morgan fingerprint density at radius 2 is 1.76 bits per heavy atom. The van der Waals surface area contributed by atoms with E-state index in [4.69, 9.17) is 4.98 Å². The van der Waals surface area contributed by atoms with Gasteiger partial charge in [0.05, 0.1) is 25.9 Å². The third-order valence-electron chi connectivity index (χ3n) is 4.60. The fourth-order valence-corrected chi connectivity index (χ4v) is 4.91. The van der Waals surface area contributed by atoms with Gasteiger partial charge in [-0.1, -0.05) is 46.8 Å². The zero-order chi connectivity index (χ0) is 17.8. The summed E-state index contributed by atoms with van der Waals surface area (Å²) in [5.74, 6) is 0.415. The molecule has 0 spiro atoms. The van der Waals surface area contributed by atoms with E-state index in [0.717, 1.165) is 16.0 Å². The van der Waals surface area contributed by atoms with Gasteiger partial charge in [0.15, 0.2) is 0 Å². The first-order chi connectivity index (χ1) is 11.8. The van der Waals surface area contributed by atoms with E-state index in [0.29, 0.717) is 5.92 Å². The van der Waals surface area contributed by atoms with Crippen LogP contribution in [0.1, 0.15) is 51.7 Å². The molecule has 0 amide bonds. The van der Waals surface area contributed by atoms with Gasteiger partial charge >= 0.3 is 0 Å². The topological polar surface area (TPSA) is 25.8 Å². The number of hydrogen-bond acceptors (Lipinski definition) is 4. The van der Waals surface area contributed by atoms with Crippen molar-refractivity contribution in [1.29, 1.82) is 0 Å². The third kappa shape index (κ3) is 2.87. The van der Waals surface area contributed by atoms with Crippen molar-refractivity contribution in [3.63, 3.8) is 0 Å². The van der Waals surface area contributed by atoms with E-state index in [1.165, 1.54) is 26.1 Å². The van der Waals surface area contributed by atoms with Crippen LogP contribution in [-0.2, 0) is 5.41 Å². The van der Waals surface area contributed by atoms with Crippen LogP contribution in [0.4, 0.5) is 0 Å². The molecule has 2 aromatic heterocycles. The molecule has 0 fully saturated rings. The molecule has 0 unspecified atom stereocenters. The zero-order valence-corrected chi connectivity index (χ0v) is 16.9. The molecule has 0 aliphatic carbocycles. The van der Waals surface area contributed by atoms with Gasteiger partial charge in [0.25, 0.3) is 0 Å². The lowest BCUT2D eigenvalue weighted by atomic mass is 9.87. The maximum Gasteiger partial charge on any atom is 0.124 e. The highest BCUT2D eigenvalue weighted by Gasteiger charge is 2.19. The summed E-state index contributed by atoms with van der Waals surface area (Å²) in [6.45, 7) is 11.2. The molecule has 4 heteroatoms. The summed E-state index contributed by atoms with van der Waals surface area (Å²) in [7, 11) is 0. The average molecular weight is 367 g/mol. The minimum absolute atomic E-state index is 0.139. The van der Waals surface area contributed by atoms with Crippen molar-refractivity contribution < 1.29 is 0 Å². The standard InChI is InChI=1S/C21H22N2S2/c1-12(2)18-14(7-9-17-19(18)22-11-24-17)20-23-15-10-13(21(3,4)5)6-8-16(15)25-20/h6-12H,1-5H3. The van der Waals surface area contributed by atoms with Crippen LogP contribution in [0.5, 0.6) is 0 Å². The highest BCUT2D eigenvalue weighted by molar-refractivity contribution is 7.21. The summed E-state index contributed by atoms with van der Waals surface area (Å²) >= 11 is 3.48. The van der Waals surface area contributed by atoms with Gasteiger partial charge in [0.1, 0.15) is 5.01 Å². The fourth-order valence-electron chi connectivity index (χ4n) is 3.23. The van der Waals surface area contributed by atoms with Crippen LogP contribution in [0.25, 0.3) is 31.0 Å². The Kier molecular flexibility index (Phi) is 3.93. The summed E-state index contributed by atoms with van der Waals surface area (Å²) < 4.78 is 2.50. The van der Waals surface area contributed by atoms with Crippen LogP contribution < -0.4 is 0 Å². The Hall–Kier alpha value is -1.78. The average Bonchev–Trinajstić information content (AvgIpc) is 3.18. The second-order valence-electron chi connectivity index (χ2n) is 7.83. The molecule has 25 heavy (non-hydrogen) atoms. The van der Waals surface area contributed by atoms with Gasteiger partial charge in [-0.3, -0.25) is 0 Å². The lowest BCUT2D eigenvalue weighted by molar-refractivity contribution is 0.591. The lowest BCUT2D eigenvalue weighted by Gasteiger charge is -2.18. The highest BCUT2D eigenvalue weighted by atomic mass is 32.1. The predicted molar refractivity (Wildman–Crippen MR) is 111 cm³/mol. The summed E-state index contributed by atoms with van der Waals surface area (Å²) in [5.41, 5.74) is 8.18. The number of fused-ring (bicyclic) bond motifs is 2. The fraction of sp³-hybridized carbons (Fsp3) is 0.333. The molecule has 2 heterocycles. The van der Waals surface area contributed by atoms with E-state index < -0.39 is 0 Å². The number of benzene rings is 2. The van der Waals surface area contributed by atoms with Gasteiger partial charge in [0, 0.05) is 5.56 Å². The number of thiazole rings is 2. The predicted octanol–water partition coefficient (Wildman–Crippen LogP) is 6.99. The van der Waals surface area contributed by atoms with E-state index in [2.05, 4.69) is 69.9 Å². The number of aromatic nitrogens is 2. The molecule has 0 N–H and O–H groups in total. The monoisotopic (exact) mass is 366 g/mol. The first-order valence-electron chi connectivity index (χ1n) is 8.62. The first kappa shape index (κ1) is 16.7. The Balaban J connectivity index is 1.92. The molecule has 128 valence electrons. The third-order valence-corrected chi connectivity index (χ3v) is 6.47. The summed E-state index contributed by atoms with van der Waals surface area (Å²) in [6, 6.07) is 11.1. The van der Waals surface area contributed by atoms with Crippen LogP contribution in [0.3, 0.4) is 0 Å². The normalized spacial score (nSPS) is 12.6. The lowest BCUT2D eigenvalue weighted by Crippen LogP contribution is -2.10. The van der Waals surface area contributed by atoms with Crippen molar-refractivity contribution in [1.82, 2.24) is 9.97 Å². The van der Waals surface area contributed by atoms with Crippen LogP contribution >= 0.6 is 22.7 Å². The van der Waals surface area contributed by atoms with E-state index in [1.807, 2.05) is 5.51 Å². The van der Waals surface area contributed by atoms with Crippen LogP contribution in [0.2, 0.25) is 0 Å².